The summed E-state index contributed by atoms with van der Waals surface area (Å²) in [4.78, 5) is 50.0. The van der Waals surface area contributed by atoms with Gasteiger partial charge in [-0.05, 0) is 19.4 Å². The first-order chi connectivity index (χ1) is 9.73. The van der Waals surface area contributed by atoms with E-state index in [1.54, 1.807) is 6.92 Å². The van der Waals surface area contributed by atoms with Crippen LogP contribution in [-0.4, -0.2) is 51.8 Å². The monoisotopic (exact) mass is 293 g/mol. The highest BCUT2D eigenvalue weighted by molar-refractivity contribution is 6.09. The summed E-state index contributed by atoms with van der Waals surface area (Å²) in [6.45, 7) is 3.08. The molecule has 1 aromatic rings. The molecule has 1 unspecified atom stereocenters. The van der Waals surface area contributed by atoms with Gasteiger partial charge in [0.2, 0.25) is 5.91 Å². The minimum Gasteiger partial charge on any atom is -0.477 e. The zero-order valence-electron chi connectivity index (χ0n) is 11.8. The number of hydrogen-bond acceptors (Lipinski definition) is 4. The summed E-state index contributed by atoms with van der Waals surface area (Å²) >= 11 is 0. The van der Waals surface area contributed by atoms with Gasteiger partial charge >= 0.3 is 5.97 Å². The number of aryl methyl sites for hydroxylation is 1. The van der Waals surface area contributed by atoms with Crippen LogP contribution in [0.4, 0.5) is 0 Å². The lowest BCUT2D eigenvalue weighted by molar-refractivity contribution is -0.137. The van der Waals surface area contributed by atoms with Gasteiger partial charge in [0.1, 0.15) is 11.7 Å². The second kappa shape index (κ2) is 5.04. The highest BCUT2D eigenvalue weighted by Crippen LogP contribution is 2.19. The number of rotatable bonds is 3. The minimum absolute atomic E-state index is 0.0661. The number of aromatic nitrogens is 1. The Bertz CT molecular complexity index is 661. The molecule has 1 fully saturated rings. The Morgan fingerprint density at radius 3 is 2.38 bits per heavy atom. The predicted molar refractivity (Wildman–Crippen MR) is 70.9 cm³/mol. The number of aromatic amines is 1. The van der Waals surface area contributed by atoms with Crippen LogP contribution >= 0.6 is 0 Å². The second-order valence-electron chi connectivity index (χ2n) is 4.95. The molecular weight excluding hydrogens is 278 g/mol. The van der Waals surface area contributed by atoms with E-state index in [1.165, 1.54) is 14.0 Å². The highest BCUT2D eigenvalue weighted by Gasteiger charge is 2.37. The SMILES string of the molecule is Cc1[nH]c(C(=O)O)c(C)c1C(=O)NC1CC(=O)N(C)C1=O. The number of H-pyrrole nitrogens is 1. The van der Waals surface area contributed by atoms with Crippen molar-refractivity contribution in [3.63, 3.8) is 0 Å². The number of aromatic carboxylic acids is 1. The van der Waals surface area contributed by atoms with Gasteiger partial charge in [0.25, 0.3) is 11.8 Å². The zero-order chi connectivity index (χ0) is 15.9. The topological polar surface area (TPSA) is 120 Å². The van der Waals surface area contributed by atoms with Crippen molar-refractivity contribution in [1.29, 1.82) is 0 Å². The largest absolute Gasteiger partial charge is 0.477 e. The number of nitrogens with zero attached hydrogens (tertiary/aromatic N) is 1. The van der Waals surface area contributed by atoms with Gasteiger partial charge in [0.15, 0.2) is 0 Å². The summed E-state index contributed by atoms with van der Waals surface area (Å²) in [6.07, 6.45) is -0.0879. The molecular formula is C13H15N3O5. The molecule has 0 aliphatic carbocycles. The van der Waals surface area contributed by atoms with Crippen LogP contribution in [0.1, 0.15) is 38.5 Å². The van der Waals surface area contributed by atoms with Crippen LogP contribution in [0, 0.1) is 13.8 Å². The molecule has 0 aromatic carbocycles. The number of imide groups is 1. The third kappa shape index (κ3) is 2.39. The van der Waals surface area contributed by atoms with Gasteiger partial charge in [-0.2, -0.15) is 0 Å². The van der Waals surface area contributed by atoms with Crippen molar-refractivity contribution in [2.24, 2.45) is 0 Å². The Labute approximate surface area is 120 Å². The molecule has 2 rings (SSSR count). The van der Waals surface area contributed by atoms with Crippen LogP contribution in [0.5, 0.6) is 0 Å². The van der Waals surface area contributed by atoms with Crippen molar-refractivity contribution in [1.82, 2.24) is 15.2 Å². The fraction of sp³-hybridized carbons (Fsp3) is 0.385. The van der Waals surface area contributed by atoms with Gasteiger partial charge in [-0.3, -0.25) is 19.3 Å². The average molecular weight is 293 g/mol. The predicted octanol–water partition coefficient (Wildman–Crippen LogP) is -0.183. The lowest BCUT2D eigenvalue weighted by Gasteiger charge is -2.11. The van der Waals surface area contributed by atoms with Crippen molar-refractivity contribution < 1.29 is 24.3 Å². The Morgan fingerprint density at radius 2 is 1.95 bits per heavy atom. The van der Waals surface area contributed by atoms with Crippen molar-refractivity contribution in [3.05, 3.63) is 22.5 Å². The van der Waals surface area contributed by atoms with Crippen molar-refractivity contribution in [3.8, 4) is 0 Å². The van der Waals surface area contributed by atoms with E-state index in [4.69, 9.17) is 5.11 Å². The van der Waals surface area contributed by atoms with Crippen molar-refractivity contribution >= 4 is 23.7 Å². The Balaban J connectivity index is 2.24. The minimum atomic E-state index is -1.17. The van der Waals surface area contributed by atoms with Gasteiger partial charge < -0.3 is 15.4 Å². The van der Waals surface area contributed by atoms with Crippen molar-refractivity contribution in [2.75, 3.05) is 7.05 Å². The number of carbonyl (C=O) groups excluding carboxylic acids is 3. The lowest BCUT2D eigenvalue weighted by atomic mass is 10.1. The number of carboxylic acids is 1. The van der Waals surface area contributed by atoms with E-state index in [-0.39, 0.29) is 23.6 Å². The molecule has 1 atom stereocenters. The molecule has 0 bridgehead atoms. The number of carbonyl (C=O) groups is 4. The standard InChI is InChI=1S/C13H15N3O5/c1-5-9(6(2)14-10(5)13(20)21)11(18)15-7-4-8(17)16(3)12(7)19/h7,14H,4H2,1-3H3,(H,15,18)(H,20,21). The number of likely N-dealkylation sites (N-methyl/N-ethyl adjacent to an activating group) is 1. The molecule has 0 spiro atoms. The zero-order valence-corrected chi connectivity index (χ0v) is 11.8. The molecule has 3 N–H and O–H groups in total. The normalized spacial score (nSPS) is 18.2. The quantitative estimate of drug-likeness (QED) is 0.668. The van der Waals surface area contributed by atoms with Crippen LogP contribution in [0.15, 0.2) is 0 Å². The molecule has 0 radical (unpaired) electrons. The Morgan fingerprint density at radius 1 is 1.33 bits per heavy atom. The number of amides is 3. The summed E-state index contributed by atoms with van der Waals surface area (Å²) in [7, 11) is 1.35. The maximum Gasteiger partial charge on any atom is 0.352 e. The third-order valence-electron chi connectivity index (χ3n) is 3.57. The van der Waals surface area contributed by atoms with E-state index < -0.39 is 23.8 Å². The number of hydrogen-bond donors (Lipinski definition) is 3. The smallest absolute Gasteiger partial charge is 0.352 e. The molecule has 1 saturated heterocycles. The van der Waals surface area contributed by atoms with Gasteiger partial charge in [-0.1, -0.05) is 0 Å². The van der Waals surface area contributed by atoms with Gasteiger partial charge in [0, 0.05) is 12.7 Å². The van der Waals surface area contributed by atoms with Crippen molar-refractivity contribution in [2.45, 2.75) is 26.3 Å². The first-order valence-electron chi connectivity index (χ1n) is 6.27. The number of nitrogens with one attached hydrogen (secondary N) is 2. The van der Waals surface area contributed by atoms with E-state index >= 15 is 0 Å². The lowest BCUT2D eigenvalue weighted by Crippen LogP contribution is -2.41. The number of likely N-dealkylation sites (tertiary alicyclic amines) is 1. The molecule has 1 aromatic heterocycles. The van der Waals surface area contributed by atoms with E-state index in [9.17, 15) is 19.2 Å². The fourth-order valence-electron chi connectivity index (χ4n) is 2.40. The maximum atomic E-state index is 12.2. The fourth-order valence-corrected chi connectivity index (χ4v) is 2.40. The van der Waals surface area contributed by atoms with Gasteiger partial charge in [-0.25, -0.2) is 4.79 Å². The molecule has 8 heteroatoms. The molecule has 8 nitrogen and oxygen atoms in total. The second-order valence-corrected chi connectivity index (χ2v) is 4.95. The third-order valence-corrected chi connectivity index (χ3v) is 3.57. The van der Waals surface area contributed by atoms with Crippen LogP contribution < -0.4 is 5.32 Å². The molecule has 21 heavy (non-hydrogen) atoms. The maximum absolute atomic E-state index is 12.2. The summed E-state index contributed by atoms with van der Waals surface area (Å²) in [5.41, 5.74) is 0.806. The van der Waals surface area contributed by atoms with Crippen LogP contribution in [-0.2, 0) is 9.59 Å². The van der Waals surface area contributed by atoms with E-state index in [0.717, 1.165) is 4.90 Å². The molecule has 3 amide bonds. The Hall–Kier alpha value is -2.64. The number of carboxylic acid groups (broad SMARTS) is 1. The van der Waals surface area contributed by atoms with E-state index in [1.807, 2.05) is 0 Å². The molecule has 112 valence electrons. The van der Waals surface area contributed by atoms with E-state index in [0.29, 0.717) is 11.3 Å². The molecule has 0 saturated carbocycles. The summed E-state index contributed by atoms with van der Waals surface area (Å²) in [5, 5.41) is 11.5. The van der Waals surface area contributed by atoms with Gasteiger partial charge in [0.05, 0.1) is 12.0 Å². The first kappa shape index (κ1) is 14.8. The average Bonchev–Trinajstić information content (AvgIpc) is 2.82. The first-order valence-corrected chi connectivity index (χ1v) is 6.27. The van der Waals surface area contributed by atoms with Crippen LogP contribution in [0.25, 0.3) is 0 Å². The summed E-state index contributed by atoms with van der Waals surface area (Å²) in [5.74, 6) is -2.58. The molecule has 1 aliphatic heterocycles. The Kier molecular flexibility index (Phi) is 3.54. The van der Waals surface area contributed by atoms with E-state index in [2.05, 4.69) is 10.3 Å². The highest BCUT2D eigenvalue weighted by atomic mass is 16.4. The van der Waals surface area contributed by atoms with Gasteiger partial charge in [-0.15, -0.1) is 0 Å². The summed E-state index contributed by atoms with van der Waals surface area (Å²) < 4.78 is 0. The van der Waals surface area contributed by atoms with Crippen LogP contribution in [0.2, 0.25) is 0 Å². The molecule has 2 heterocycles. The van der Waals surface area contributed by atoms with Crippen LogP contribution in [0.3, 0.4) is 0 Å². The summed E-state index contributed by atoms with van der Waals surface area (Å²) in [6, 6.07) is -0.906. The molecule has 1 aliphatic rings.